The van der Waals surface area contributed by atoms with Gasteiger partial charge in [-0.15, -0.1) is 6.58 Å². The molecule has 1 spiro atoms. The molecule has 3 atom stereocenters. The van der Waals surface area contributed by atoms with Crippen LogP contribution in [0.2, 0.25) is 0 Å². The van der Waals surface area contributed by atoms with Crippen molar-refractivity contribution in [2.75, 3.05) is 25.0 Å². The van der Waals surface area contributed by atoms with Gasteiger partial charge in [0, 0.05) is 25.8 Å². The molecule has 3 aliphatic rings. The molecular weight excluding hydrogens is 276 g/mol. The van der Waals surface area contributed by atoms with Crippen LogP contribution in [0.15, 0.2) is 36.9 Å². The molecular formula is C18H20N2O2. The predicted octanol–water partition coefficient (Wildman–Crippen LogP) is 1.96. The number of amides is 2. The Kier molecular flexibility index (Phi) is 2.47. The SMILES string of the molecule is C=CCN1CC2CC3(C)C(=O)N(C)c4ccccc4C23C1=O. The number of benzene rings is 1. The van der Waals surface area contributed by atoms with E-state index < -0.39 is 10.8 Å². The molecule has 0 radical (unpaired) electrons. The molecule has 4 nitrogen and oxygen atoms in total. The van der Waals surface area contributed by atoms with Crippen LogP contribution < -0.4 is 4.90 Å². The molecule has 2 amide bonds. The molecule has 0 N–H and O–H groups in total. The van der Waals surface area contributed by atoms with Crippen LogP contribution in [0, 0.1) is 11.3 Å². The Morgan fingerprint density at radius 1 is 1.32 bits per heavy atom. The van der Waals surface area contributed by atoms with Crippen LogP contribution in [0.5, 0.6) is 0 Å². The molecule has 4 heteroatoms. The quantitative estimate of drug-likeness (QED) is 0.783. The average Bonchev–Trinajstić information content (AvgIpc) is 2.73. The van der Waals surface area contributed by atoms with Gasteiger partial charge in [0.05, 0.1) is 10.8 Å². The molecule has 1 aromatic rings. The van der Waals surface area contributed by atoms with Crippen molar-refractivity contribution in [2.45, 2.75) is 18.8 Å². The second-order valence-electron chi connectivity index (χ2n) is 6.92. The zero-order valence-electron chi connectivity index (χ0n) is 13.0. The van der Waals surface area contributed by atoms with Gasteiger partial charge in [-0.25, -0.2) is 0 Å². The Balaban J connectivity index is 1.97. The second kappa shape index (κ2) is 4.00. The molecule has 0 aromatic heterocycles. The highest BCUT2D eigenvalue weighted by Crippen LogP contribution is 2.69. The number of hydrogen-bond acceptors (Lipinski definition) is 2. The van der Waals surface area contributed by atoms with E-state index >= 15 is 0 Å². The van der Waals surface area contributed by atoms with Gasteiger partial charge < -0.3 is 9.80 Å². The van der Waals surface area contributed by atoms with Crippen LogP contribution in [-0.2, 0) is 15.0 Å². The van der Waals surface area contributed by atoms with Gasteiger partial charge in [-0.1, -0.05) is 24.3 Å². The summed E-state index contributed by atoms with van der Waals surface area (Å²) >= 11 is 0. The fourth-order valence-corrected chi connectivity index (χ4v) is 5.12. The van der Waals surface area contributed by atoms with E-state index in [9.17, 15) is 9.59 Å². The molecule has 1 saturated carbocycles. The van der Waals surface area contributed by atoms with E-state index in [2.05, 4.69) is 6.58 Å². The zero-order chi connectivity index (χ0) is 15.7. The molecule has 2 aliphatic heterocycles. The molecule has 1 aromatic carbocycles. The Morgan fingerprint density at radius 2 is 2.05 bits per heavy atom. The smallest absolute Gasteiger partial charge is 0.235 e. The fraction of sp³-hybridized carbons (Fsp3) is 0.444. The van der Waals surface area contributed by atoms with E-state index in [0.717, 1.165) is 24.2 Å². The van der Waals surface area contributed by atoms with Gasteiger partial charge in [0.15, 0.2) is 0 Å². The lowest BCUT2D eigenvalue weighted by molar-refractivity contribution is -0.158. The van der Waals surface area contributed by atoms with E-state index in [0.29, 0.717) is 6.54 Å². The molecule has 0 bridgehead atoms. The van der Waals surface area contributed by atoms with Gasteiger partial charge in [-0.2, -0.15) is 0 Å². The third-order valence-electron chi connectivity index (χ3n) is 6.02. The number of anilines is 1. The second-order valence-corrected chi connectivity index (χ2v) is 6.92. The Labute approximate surface area is 130 Å². The van der Waals surface area contributed by atoms with Crippen molar-refractivity contribution in [1.82, 2.24) is 4.90 Å². The average molecular weight is 296 g/mol. The standard InChI is InChI=1S/C18H20N2O2/c1-4-9-20-11-12-10-17(2)15(21)19(3)14-8-6-5-7-13(14)18(12,17)16(20)22/h4-8,12H,1,9-11H2,2-3H3. The Hall–Kier alpha value is -2.10. The number of para-hydroxylation sites is 1. The number of hydrogen-bond donors (Lipinski definition) is 0. The monoisotopic (exact) mass is 296 g/mol. The Morgan fingerprint density at radius 3 is 2.77 bits per heavy atom. The van der Waals surface area contributed by atoms with Gasteiger partial charge in [-0.3, -0.25) is 9.59 Å². The van der Waals surface area contributed by atoms with Crippen molar-refractivity contribution < 1.29 is 9.59 Å². The lowest BCUT2D eigenvalue weighted by atomic mass is 9.41. The molecule has 1 saturated heterocycles. The Bertz CT molecular complexity index is 713. The van der Waals surface area contributed by atoms with E-state index in [1.165, 1.54) is 0 Å². The topological polar surface area (TPSA) is 40.6 Å². The number of rotatable bonds is 2. The third kappa shape index (κ3) is 1.18. The van der Waals surface area contributed by atoms with Crippen molar-refractivity contribution in [1.29, 1.82) is 0 Å². The minimum absolute atomic E-state index is 0.0660. The maximum Gasteiger partial charge on any atom is 0.235 e. The molecule has 114 valence electrons. The van der Waals surface area contributed by atoms with Gasteiger partial charge in [0.2, 0.25) is 11.8 Å². The lowest BCUT2D eigenvalue weighted by Gasteiger charge is -2.61. The minimum atomic E-state index is -0.670. The highest BCUT2D eigenvalue weighted by atomic mass is 16.2. The summed E-state index contributed by atoms with van der Waals surface area (Å²) in [6, 6.07) is 7.87. The molecule has 2 heterocycles. The predicted molar refractivity (Wildman–Crippen MR) is 84.5 cm³/mol. The summed E-state index contributed by atoms with van der Waals surface area (Å²) in [4.78, 5) is 29.8. The summed E-state index contributed by atoms with van der Waals surface area (Å²) in [5.74, 6) is 0.389. The summed E-state index contributed by atoms with van der Waals surface area (Å²) < 4.78 is 0. The van der Waals surface area contributed by atoms with Crippen LogP contribution in [0.1, 0.15) is 18.9 Å². The first-order valence-corrected chi connectivity index (χ1v) is 7.76. The number of likely N-dealkylation sites (tertiary alicyclic amines) is 1. The van der Waals surface area contributed by atoms with Crippen LogP contribution in [0.25, 0.3) is 0 Å². The number of carbonyl (C=O) groups excluding carboxylic acids is 2. The van der Waals surface area contributed by atoms with Crippen molar-refractivity contribution in [3.05, 3.63) is 42.5 Å². The van der Waals surface area contributed by atoms with Crippen LogP contribution in [-0.4, -0.2) is 36.9 Å². The highest BCUT2D eigenvalue weighted by molar-refractivity contribution is 6.11. The number of nitrogens with zero attached hydrogens (tertiary/aromatic N) is 2. The summed E-state index contributed by atoms with van der Waals surface area (Å²) in [5.41, 5.74) is 0.611. The van der Waals surface area contributed by atoms with Crippen LogP contribution in [0.4, 0.5) is 5.69 Å². The molecule has 4 rings (SSSR count). The molecule has 22 heavy (non-hydrogen) atoms. The van der Waals surface area contributed by atoms with Crippen LogP contribution >= 0.6 is 0 Å². The first-order valence-electron chi connectivity index (χ1n) is 7.76. The van der Waals surface area contributed by atoms with E-state index in [1.807, 2.05) is 43.1 Å². The van der Waals surface area contributed by atoms with E-state index in [-0.39, 0.29) is 17.7 Å². The third-order valence-corrected chi connectivity index (χ3v) is 6.02. The molecule has 2 fully saturated rings. The van der Waals surface area contributed by atoms with Crippen molar-refractivity contribution in [2.24, 2.45) is 11.3 Å². The number of carbonyl (C=O) groups is 2. The van der Waals surface area contributed by atoms with E-state index in [1.54, 1.807) is 11.0 Å². The maximum atomic E-state index is 13.2. The molecule has 1 aliphatic carbocycles. The van der Waals surface area contributed by atoms with Crippen molar-refractivity contribution in [3.63, 3.8) is 0 Å². The first kappa shape index (κ1) is 13.6. The minimum Gasteiger partial charge on any atom is -0.338 e. The lowest BCUT2D eigenvalue weighted by Crippen LogP contribution is -2.70. The summed E-state index contributed by atoms with van der Waals surface area (Å²) in [6.07, 6.45) is 2.54. The summed E-state index contributed by atoms with van der Waals surface area (Å²) in [6.45, 7) is 7.00. The molecule has 3 unspecified atom stereocenters. The van der Waals surface area contributed by atoms with Gasteiger partial charge in [0.25, 0.3) is 0 Å². The first-order chi connectivity index (χ1) is 10.5. The zero-order valence-corrected chi connectivity index (χ0v) is 13.0. The highest BCUT2D eigenvalue weighted by Gasteiger charge is 2.77. The summed E-state index contributed by atoms with van der Waals surface area (Å²) in [7, 11) is 1.81. The maximum absolute atomic E-state index is 13.2. The van der Waals surface area contributed by atoms with Gasteiger partial charge in [-0.05, 0) is 30.9 Å². The summed E-state index contributed by atoms with van der Waals surface area (Å²) in [5, 5.41) is 0. The van der Waals surface area contributed by atoms with Crippen molar-refractivity contribution in [3.8, 4) is 0 Å². The largest absolute Gasteiger partial charge is 0.338 e. The van der Waals surface area contributed by atoms with Crippen LogP contribution in [0.3, 0.4) is 0 Å². The fourth-order valence-electron chi connectivity index (χ4n) is 5.12. The normalized spacial score (nSPS) is 35.6. The number of fused-ring (bicyclic) bond motifs is 1. The van der Waals surface area contributed by atoms with Gasteiger partial charge in [0.1, 0.15) is 0 Å². The van der Waals surface area contributed by atoms with Gasteiger partial charge >= 0.3 is 0 Å². The van der Waals surface area contributed by atoms with Crippen molar-refractivity contribution >= 4 is 17.5 Å². The van der Waals surface area contributed by atoms with E-state index in [4.69, 9.17) is 0 Å².